The molecule has 9 heteroatoms. The lowest BCUT2D eigenvalue weighted by Crippen LogP contribution is -2.24. The molecule has 2 aromatic rings. The van der Waals surface area contributed by atoms with Crippen LogP contribution in [-0.4, -0.2) is 23.7 Å². The molecular formula is C12H14BrN3O4S. The van der Waals surface area contributed by atoms with Crippen LogP contribution in [-0.2, 0) is 23.2 Å². The van der Waals surface area contributed by atoms with Crippen molar-refractivity contribution in [2.45, 2.75) is 31.9 Å². The number of nitrogens with one attached hydrogen (secondary N) is 1. The predicted octanol–water partition coefficient (Wildman–Crippen LogP) is 1.42. The molecule has 0 aliphatic heterocycles. The monoisotopic (exact) mass is 375 g/mol. The van der Waals surface area contributed by atoms with E-state index in [4.69, 9.17) is 4.52 Å². The summed E-state index contributed by atoms with van der Waals surface area (Å²) in [5, 5.41) is 12.8. The standard InChI is InChI=1S/C12H14BrN3O4S/c1-7-3-9(6-17)4-10(12(7)13)21(18,19)14-5-11-15-8(2)16-20-11/h3-4,14,17H,5-6H2,1-2H3. The number of aliphatic hydroxyl groups excluding tert-OH is 1. The van der Waals surface area contributed by atoms with E-state index >= 15 is 0 Å². The Kier molecular flexibility index (Phi) is 4.77. The molecule has 0 unspecified atom stereocenters. The minimum absolute atomic E-state index is 0.0581. The third-order valence-corrected chi connectivity index (χ3v) is 5.48. The number of nitrogens with zero attached hydrogens (tertiary/aromatic N) is 2. The van der Waals surface area contributed by atoms with Crippen molar-refractivity contribution >= 4 is 26.0 Å². The summed E-state index contributed by atoms with van der Waals surface area (Å²) in [6, 6.07) is 3.13. The van der Waals surface area contributed by atoms with Crippen molar-refractivity contribution in [3.8, 4) is 0 Å². The van der Waals surface area contributed by atoms with Gasteiger partial charge in [0, 0.05) is 4.47 Å². The number of benzene rings is 1. The molecule has 1 aromatic carbocycles. The summed E-state index contributed by atoms with van der Waals surface area (Å²) in [5.41, 5.74) is 1.24. The fourth-order valence-electron chi connectivity index (χ4n) is 1.74. The Morgan fingerprint density at radius 1 is 1.38 bits per heavy atom. The Labute approximate surface area is 130 Å². The molecule has 2 rings (SSSR count). The number of hydrogen-bond acceptors (Lipinski definition) is 6. The average molecular weight is 376 g/mol. The van der Waals surface area contributed by atoms with E-state index in [1.807, 2.05) is 0 Å². The summed E-state index contributed by atoms with van der Waals surface area (Å²) in [6.07, 6.45) is 0. The molecule has 0 fully saturated rings. The minimum Gasteiger partial charge on any atom is -0.392 e. The van der Waals surface area contributed by atoms with Crippen LogP contribution in [0.5, 0.6) is 0 Å². The maximum absolute atomic E-state index is 12.3. The molecule has 1 aromatic heterocycles. The lowest BCUT2D eigenvalue weighted by Gasteiger charge is -2.11. The fraction of sp³-hybridized carbons (Fsp3) is 0.333. The Morgan fingerprint density at radius 3 is 2.67 bits per heavy atom. The molecule has 1 heterocycles. The van der Waals surface area contributed by atoms with Crippen LogP contribution in [0, 0.1) is 13.8 Å². The van der Waals surface area contributed by atoms with Crippen LogP contribution in [0.4, 0.5) is 0 Å². The van der Waals surface area contributed by atoms with Gasteiger partial charge in [-0.3, -0.25) is 0 Å². The molecule has 0 saturated carbocycles. The summed E-state index contributed by atoms with van der Waals surface area (Å²) in [5.74, 6) is 0.616. The zero-order valence-electron chi connectivity index (χ0n) is 11.4. The van der Waals surface area contributed by atoms with Crippen LogP contribution in [0.15, 0.2) is 26.0 Å². The zero-order chi connectivity index (χ0) is 15.6. The van der Waals surface area contributed by atoms with Crippen LogP contribution in [0.25, 0.3) is 0 Å². The van der Waals surface area contributed by atoms with E-state index in [1.54, 1.807) is 19.9 Å². The molecule has 21 heavy (non-hydrogen) atoms. The van der Waals surface area contributed by atoms with Crippen LogP contribution < -0.4 is 4.72 Å². The highest BCUT2D eigenvalue weighted by Crippen LogP contribution is 2.27. The van der Waals surface area contributed by atoms with Gasteiger partial charge in [0.1, 0.15) is 0 Å². The van der Waals surface area contributed by atoms with Gasteiger partial charge in [-0.15, -0.1) is 0 Å². The van der Waals surface area contributed by atoms with Crippen molar-refractivity contribution in [3.05, 3.63) is 39.4 Å². The Morgan fingerprint density at radius 2 is 2.10 bits per heavy atom. The highest BCUT2D eigenvalue weighted by atomic mass is 79.9. The van der Waals surface area contributed by atoms with E-state index in [1.165, 1.54) is 6.07 Å². The Balaban J connectivity index is 2.29. The minimum atomic E-state index is -3.77. The summed E-state index contributed by atoms with van der Waals surface area (Å²) in [7, 11) is -3.77. The second kappa shape index (κ2) is 6.22. The average Bonchev–Trinajstić information content (AvgIpc) is 2.85. The first kappa shape index (κ1) is 16.1. The third kappa shape index (κ3) is 3.67. The molecule has 0 aliphatic carbocycles. The summed E-state index contributed by atoms with van der Waals surface area (Å²) in [4.78, 5) is 3.98. The van der Waals surface area contributed by atoms with Crippen LogP contribution in [0.2, 0.25) is 0 Å². The molecule has 2 N–H and O–H groups in total. The Hall–Kier alpha value is -1.29. The summed E-state index contributed by atoms with van der Waals surface area (Å²) >= 11 is 3.26. The third-order valence-electron chi connectivity index (χ3n) is 2.74. The van der Waals surface area contributed by atoms with E-state index in [0.29, 0.717) is 15.9 Å². The van der Waals surface area contributed by atoms with Crippen molar-refractivity contribution in [2.24, 2.45) is 0 Å². The van der Waals surface area contributed by atoms with Crippen molar-refractivity contribution in [1.29, 1.82) is 0 Å². The lowest BCUT2D eigenvalue weighted by atomic mass is 10.1. The van der Waals surface area contributed by atoms with Gasteiger partial charge in [0.05, 0.1) is 18.0 Å². The van der Waals surface area contributed by atoms with Gasteiger partial charge < -0.3 is 9.63 Å². The van der Waals surface area contributed by atoms with Crippen molar-refractivity contribution < 1.29 is 18.0 Å². The highest BCUT2D eigenvalue weighted by molar-refractivity contribution is 9.10. The van der Waals surface area contributed by atoms with Crippen molar-refractivity contribution in [2.75, 3.05) is 0 Å². The molecule has 0 radical (unpaired) electrons. The van der Waals surface area contributed by atoms with Gasteiger partial charge in [-0.25, -0.2) is 13.1 Å². The molecule has 0 spiro atoms. The molecule has 0 bridgehead atoms. The van der Waals surface area contributed by atoms with Crippen LogP contribution in [0.3, 0.4) is 0 Å². The highest BCUT2D eigenvalue weighted by Gasteiger charge is 2.20. The summed E-state index contributed by atoms with van der Waals surface area (Å²) < 4.78 is 32.4. The first-order chi connectivity index (χ1) is 9.83. The second-order valence-corrected chi connectivity index (χ2v) is 6.97. The SMILES string of the molecule is Cc1noc(CNS(=O)(=O)c2cc(CO)cc(C)c2Br)n1. The molecule has 7 nitrogen and oxygen atoms in total. The lowest BCUT2D eigenvalue weighted by molar-refractivity contribution is 0.281. The van der Waals surface area contributed by atoms with E-state index in [-0.39, 0.29) is 23.9 Å². The first-order valence-electron chi connectivity index (χ1n) is 6.02. The quantitative estimate of drug-likeness (QED) is 0.818. The molecule has 0 saturated heterocycles. The van der Waals surface area contributed by atoms with Gasteiger partial charge in [0.15, 0.2) is 5.82 Å². The van der Waals surface area contributed by atoms with E-state index in [9.17, 15) is 13.5 Å². The number of aromatic nitrogens is 2. The van der Waals surface area contributed by atoms with Gasteiger partial charge in [-0.2, -0.15) is 4.98 Å². The van der Waals surface area contributed by atoms with Crippen LogP contribution in [0.1, 0.15) is 22.8 Å². The van der Waals surface area contributed by atoms with E-state index in [0.717, 1.165) is 5.56 Å². The summed E-state index contributed by atoms with van der Waals surface area (Å²) in [6.45, 7) is 3.06. The second-order valence-electron chi connectivity index (χ2n) is 4.44. The molecule has 0 aliphatic rings. The number of aliphatic hydroxyl groups is 1. The fourth-order valence-corrected chi connectivity index (χ4v) is 3.78. The topological polar surface area (TPSA) is 105 Å². The van der Waals surface area contributed by atoms with Crippen molar-refractivity contribution in [1.82, 2.24) is 14.9 Å². The largest absolute Gasteiger partial charge is 0.392 e. The molecule has 114 valence electrons. The molecular weight excluding hydrogens is 362 g/mol. The maximum atomic E-state index is 12.3. The van der Waals surface area contributed by atoms with Gasteiger partial charge in [0.25, 0.3) is 0 Å². The Bertz CT molecular complexity index is 758. The van der Waals surface area contributed by atoms with Crippen LogP contribution >= 0.6 is 15.9 Å². The first-order valence-corrected chi connectivity index (χ1v) is 8.30. The van der Waals surface area contributed by atoms with Gasteiger partial charge >= 0.3 is 0 Å². The normalized spacial score (nSPS) is 11.8. The van der Waals surface area contributed by atoms with E-state index < -0.39 is 10.0 Å². The van der Waals surface area contributed by atoms with E-state index in [2.05, 4.69) is 30.8 Å². The zero-order valence-corrected chi connectivity index (χ0v) is 13.8. The number of hydrogen-bond donors (Lipinski definition) is 2. The number of aryl methyl sites for hydroxylation is 2. The number of halogens is 1. The maximum Gasteiger partial charge on any atom is 0.242 e. The predicted molar refractivity (Wildman–Crippen MR) is 77.9 cm³/mol. The molecule has 0 atom stereocenters. The van der Waals surface area contributed by atoms with Gasteiger partial charge in [-0.1, -0.05) is 11.2 Å². The number of sulfonamides is 1. The van der Waals surface area contributed by atoms with Crippen molar-refractivity contribution in [3.63, 3.8) is 0 Å². The van der Waals surface area contributed by atoms with Gasteiger partial charge in [0.2, 0.25) is 15.9 Å². The smallest absolute Gasteiger partial charge is 0.242 e. The molecule has 0 amide bonds. The van der Waals surface area contributed by atoms with Gasteiger partial charge in [-0.05, 0) is 47.0 Å². The number of rotatable bonds is 5.